The van der Waals surface area contributed by atoms with E-state index in [9.17, 15) is 8.42 Å². The summed E-state index contributed by atoms with van der Waals surface area (Å²) in [5, 5.41) is 0. The zero-order chi connectivity index (χ0) is 14.9. The lowest BCUT2D eigenvalue weighted by atomic mass is 10.2. The maximum atomic E-state index is 12.8. The second-order valence-corrected chi connectivity index (χ2v) is 7.94. The summed E-state index contributed by atoms with van der Waals surface area (Å²) in [4.78, 5) is 0.377. The van der Waals surface area contributed by atoms with Crippen LogP contribution in [0.2, 0.25) is 0 Å². The van der Waals surface area contributed by atoms with E-state index in [1.165, 1.54) is 0 Å². The number of sulfonamides is 1. The first-order valence-corrected chi connectivity index (χ1v) is 9.14. The van der Waals surface area contributed by atoms with Crippen LogP contribution in [0.25, 0.3) is 0 Å². The molecule has 0 spiro atoms. The summed E-state index contributed by atoms with van der Waals surface area (Å²) in [6.07, 6.45) is 3.66. The number of halogens is 1. The molecule has 1 aromatic rings. The van der Waals surface area contributed by atoms with Crippen LogP contribution in [0.5, 0.6) is 0 Å². The van der Waals surface area contributed by atoms with Crippen molar-refractivity contribution >= 4 is 21.6 Å². The first-order chi connectivity index (χ1) is 9.40. The van der Waals surface area contributed by atoms with Crippen LogP contribution in [-0.4, -0.2) is 29.9 Å². The number of aromatic nitrogens is 1. The van der Waals surface area contributed by atoms with Crippen LogP contribution in [0.3, 0.4) is 0 Å². The molecule has 0 saturated heterocycles. The zero-order valence-corrected chi connectivity index (χ0v) is 13.9. The van der Waals surface area contributed by atoms with Gasteiger partial charge in [-0.3, -0.25) is 0 Å². The number of nitrogens with zero attached hydrogens (tertiary/aromatic N) is 2. The predicted molar refractivity (Wildman–Crippen MR) is 81.4 cm³/mol. The second kappa shape index (κ2) is 6.08. The maximum Gasteiger partial charge on any atom is 0.244 e. The van der Waals surface area contributed by atoms with Crippen molar-refractivity contribution in [3.05, 3.63) is 18.0 Å². The van der Waals surface area contributed by atoms with Crippen molar-refractivity contribution in [2.75, 3.05) is 6.54 Å². The quantitative estimate of drug-likeness (QED) is 0.725. The fourth-order valence-corrected chi connectivity index (χ4v) is 4.52. The third kappa shape index (κ3) is 3.21. The molecule has 0 bridgehead atoms. The Morgan fingerprint density at radius 2 is 2.10 bits per heavy atom. The fraction of sp³-hybridized carbons (Fsp3) is 0.714. The molecule has 0 unspecified atom stereocenters. The summed E-state index contributed by atoms with van der Waals surface area (Å²) < 4.78 is 29.2. The highest BCUT2D eigenvalue weighted by atomic mass is 35.5. The number of alkyl halides is 1. The molecule has 114 valence electrons. The minimum absolute atomic E-state index is 0.187. The van der Waals surface area contributed by atoms with E-state index in [1.807, 2.05) is 25.3 Å². The van der Waals surface area contributed by atoms with Gasteiger partial charge in [0.1, 0.15) is 4.90 Å². The van der Waals surface area contributed by atoms with Crippen molar-refractivity contribution in [1.82, 2.24) is 8.87 Å². The largest absolute Gasteiger partial charge is 0.349 e. The topological polar surface area (TPSA) is 42.3 Å². The Kier molecular flexibility index (Phi) is 4.82. The molecule has 1 aromatic heterocycles. The lowest BCUT2D eigenvalue weighted by Crippen LogP contribution is -2.35. The Balaban J connectivity index is 2.34. The number of hydrogen-bond acceptors (Lipinski definition) is 2. The summed E-state index contributed by atoms with van der Waals surface area (Å²) in [6, 6.07) is 1.90. The Hall–Kier alpha value is -0.520. The van der Waals surface area contributed by atoms with Gasteiger partial charge in [0.05, 0.1) is 5.88 Å². The molecule has 6 heteroatoms. The van der Waals surface area contributed by atoms with Crippen molar-refractivity contribution in [3.63, 3.8) is 0 Å². The van der Waals surface area contributed by atoms with E-state index in [0.29, 0.717) is 23.2 Å². The van der Waals surface area contributed by atoms with Gasteiger partial charge in [-0.2, -0.15) is 4.31 Å². The minimum Gasteiger partial charge on any atom is -0.349 e. The van der Waals surface area contributed by atoms with Crippen molar-refractivity contribution in [2.45, 2.75) is 57.0 Å². The summed E-state index contributed by atoms with van der Waals surface area (Å²) in [6.45, 7) is 7.39. The molecular weight excluding hydrogens is 296 g/mol. The molecule has 0 amide bonds. The fourth-order valence-electron chi connectivity index (χ4n) is 2.37. The first-order valence-electron chi connectivity index (χ1n) is 7.17. The van der Waals surface area contributed by atoms with Gasteiger partial charge in [0.15, 0.2) is 0 Å². The standard InChI is InChI=1S/C14H23ClN2O2S/c1-4-16-10-14(7-13(16)8-15)20(18,19)17(9-11(2)3)12-5-6-12/h7,10-12H,4-6,8-9H2,1-3H3. The summed E-state index contributed by atoms with van der Waals surface area (Å²) in [5.74, 6) is 0.655. The smallest absolute Gasteiger partial charge is 0.244 e. The first kappa shape index (κ1) is 15.9. The minimum atomic E-state index is -3.40. The van der Waals surface area contributed by atoms with Gasteiger partial charge in [0.2, 0.25) is 10.0 Å². The summed E-state index contributed by atoms with van der Waals surface area (Å²) >= 11 is 5.88. The Bertz CT molecular complexity index is 540. The monoisotopic (exact) mass is 318 g/mol. The number of hydrogen-bond donors (Lipinski definition) is 0. The van der Waals surface area contributed by atoms with Crippen molar-refractivity contribution in [1.29, 1.82) is 0 Å². The highest BCUT2D eigenvalue weighted by molar-refractivity contribution is 7.89. The molecule has 0 N–H and O–H groups in total. The third-order valence-electron chi connectivity index (χ3n) is 3.54. The molecule has 1 fully saturated rings. The molecule has 1 saturated carbocycles. The molecule has 1 heterocycles. The van der Waals surface area contributed by atoms with Crippen LogP contribution < -0.4 is 0 Å². The van der Waals surface area contributed by atoms with Gasteiger partial charge < -0.3 is 4.57 Å². The lowest BCUT2D eigenvalue weighted by molar-refractivity contribution is 0.360. The van der Waals surface area contributed by atoms with Gasteiger partial charge in [-0.1, -0.05) is 13.8 Å². The van der Waals surface area contributed by atoms with E-state index >= 15 is 0 Å². The van der Waals surface area contributed by atoms with Crippen molar-refractivity contribution in [2.24, 2.45) is 5.92 Å². The van der Waals surface area contributed by atoms with E-state index in [0.717, 1.165) is 25.1 Å². The predicted octanol–water partition coefficient (Wildman–Crippen LogP) is 3.06. The van der Waals surface area contributed by atoms with Crippen molar-refractivity contribution < 1.29 is 8.42 Å². The summed E-state index contributed by atoms with van der Waals surface area (Å²) in [7, 11) is -3.40. The molecule has 1 aliphatic carbocycles. The lowest BCUT2D eigenvalue weighted by Gasteiger charge is -2.23. The second-order valence-electron chi connectivity index (χ2n) is 5.79. The van der Waals surface area contributed by atoms with Gasteiger partial charge in [0, 0.05) is 31.0 Å². The van der Waals surface area contributed by atoms with Gasteiger partial charge in [-0.05, 0) is 31.7 Å². The van der Waals surface area contributed by atoms with Crippen LogP contribution in [0.15, 0.2) is 17.2 Å². The average Bonchev–Trinajstić information content (AvgIpc) is 3.13. The van der Waals surface area contributed by atoms with E-state index in [2.05, 4.69) is 0 Å². The van der Waals surface area contributed by atoms with E-state index in [1.54, 1.807) is 16.6 Å². The molecule has 1 aliphatic rings. The Labute approximate surface area is 126 Å². The SMILES string of the molecule is CCn1cc(S(=O)(=O)N(CC(C)C)C2CC2)cc1CCl. The third-order valence-corrected chi connectivity index (χ3v) is 5.70. The maximum absolute atomic E-state index is 12.8. The number of rotatable bonds is 7. The summed E-state index contributed by atoms with van der Waals surface area (Å²) in [5.41, 5.74) is 0.855. The van der Waals surface area contributed by atoms with Gasteiger partial charge in [-0.25, -0.2) is 8.42 Å². The van der Waals surface area contributed by atoms with Crippen LogP contribution in [-0.2, 0) is 22.4 Å². The molecule has 20 heavy (non-hydrogen) atoms. The molecule has 0 aromatic carbocycles. The van der Waals surface area contributed by atoms with E-state index < -0.39 is 10.0 Å². The normalized spacial score (nSPS) is 16.3. The van der Waals surface area contributed by atoms with Gasteiger partial charge in [0.25, 0.3) is 0 Å². The van der Waals surface area contributed by atoms with Crippen LogP contribution in [0.4, 0.5) is 0 Å². The van der Waals surface area contributed by atoms with Crippen LogP contribution in [0.1, 0.15) is 39.3 Å². The van der Waals surface area contributed by atoms with E-state index in [4.69, 9.17) is 11.6 Å². The number of aryl methyl sites for hydroxylation is 1. The zero-order valence-electron chi connectivity index (χ0n) is 12.3. The average molecular weight is 319 g/mol. The van der Waals surface area contributed by atoms with E-state index in [-0.39, 0.29) is 6.04 Å². The van der Waals surface area contributed by atoms with Crippen LogP contribution >= 0.6 is 11.6 Å². The molecule has 0 atom stereocenters. The Morgan fingerprint density at radius 3 is 2.50 bits per heavy atom. The molecule has 0 aliphatic heterocycles. The van der Waals surface area contributed by atoms with Crippen molar-refractivity contribution in [3.8, 4) is 0 Å². The van der Waals surface area contributed by atoms with Crippen LogP contribution in [0, 0.1) is 5.92 Å². The molecule has 0 radical (unpaired) electrons. The highest BCUT2D eigenvalue weighted by Gasteiger charge is 2.38. The molecule has 4 nitrogen and oxygen atoms in total. The van der Waals surface area contributed by atoms with Gasteiger partial charge in [-0.15, -0.1) is 11.6 Å². The van der Waals surface area contributed by atoms with Gasteiger partial charge >= 0.3 is 0 Å². The molecule has 2 rings (SSSR count). The Morgan fingerprint density at radius 1 is 1.45 bits per heavy atom. The molecular formula is C14H23ClN2O2S. The highest BCUT2D eigenvalue weighted by Crippen LogP contribution is 2.33.